The monoisotopic (exact) mass is 336 g/mol. The SMILES string of the molecule is COc1c(C(F)(F)F)ccc(C(F)(F)F)c1CBr. The molecule has 102 valence electrons. The van der Waals surface area contributed by atoms with Crippen LogP contribution in [0.5, 0.6) is 5.75 Å². The molecule has 0 saturated carbocycles. The first-order valence-electron chi connectivity index (χ1n) is 4.53. The van der Waals surface area contributed by atoms with E-state index in [4.69, 9.17) is 0 Å². The van der Waals surface area contributed by atoms with Crippen LogP contribution in [0.3, 0.4) is 0 Å². The summed E-state index contributed by atoms with van der Waals surface area (Å²) in [4.78, 5) is 0. The fraction of sp³-hybridized carbons (Fsp3) is 0.400. The van der Waals surface area contributed by atoms with E-state index in [1.807, 2.05) is 0 Å². The van der Waals surface area contributed by atoms with Crippen LogP contribution in [-0.4, -0.2) is 7.11 Å². The molecule has 0 N–H and O–H groups in total. The normalized spacial score (nSPS) is 12.7. The number of hydrogen-bond acceptors (Lipinski definition) is 1. The molecule has 0 fully saturated rings. The summed E-state index contributed by atoms with van der Waals surface area (Å²) < 4.78 is 80.2. The van der Waals surface area contributed by atoms with Crippen molar-refractivity contribution < 1.29 is 31.1 Å². The number of hydrogen-bond donors (Lipinski definition) is 0. The molecule has 8 heteroatoms. The van der Waals surface area contributed by atoms with Crippen LogP contribution in [0.1, 0.15) is 16.7 Å². The van der Waals surface area contributed by atoms with Crippen molar-refractivity contribution in [3.63, 3.8) is 0 Å². The van der Waals surface area contributed by atoms with Crippen LogP contribution in [0.25, 0.3) is 0 Å². The first kappa shape index (κ1) is 15.1. The molecule has 0 aliphatic carbocycles. The molecule has 0 unspecified atom stereocenters. The van der Waals surface area contributed by atoms with Crippen molar-refractivity contribution >= 4 is 15.9 Å². The van der Waals surface area contributed by atoms with Crippen molar-refractivity contribution in [1.29, 1.82) is 0 Å². The average Bonchev–Trinajstić information content (AvgIpc) is 2.24. The van der Waals surface area contributed by atoms with Gasteiger partial charge in [0.05, 0.1) is 18.2 Å². The Balaban J connectivity index is 3.57. The van der Waals surface area contributed by atoms with Gasteiger partial charge in [-0.3, -0.25) is 0 Å². The Labute approximate surface area is 107 Å². The summed E-state index contributed by atoms with van der Waals surface area (Å²) in [6.07, 6.45) is -9.51. The maximum atomic E-state index is 12.6. The highest BCUT2D eigenvalue weighted by Crippen LogP contribution is 2.44. The van der Waals surface area contributed by atoms with E-state index in [1.165, 1.54) is 0 Å². The summed E-state index contributed by atoms with van der Waals surface area (Å²) in [5.74, 6) is -0.811. The second-order valence-electron chi connectivity index (χ2n) is 3.30. The smallest absolute Gasteiger partial charge is 0.419 e. The topological polar surface area (TPSA) is 9.23 Å². The van der Waals surface area contributed by atoms with Crippen molar-refractivity contribution in [2.75, 3.05) is 7.11 Å². The minimum atomic E-state index is -4.77. The molecular formula is C10H7BrF6O. The molecule has 1 rings (SSSR count). The second kappa shape index (κ2) is 4.99. The highest BCUT2D eigenvalue weighted by molar-refractivity contribution is 9.08. The maximum Gasteiger partial charge on any atom is 0.419 e. The Hall–Kier alpha value is -0.920. The number of methoxy groups -OCH3 is 1. The first-order valence-corrected chi connectivity index (χ1v) is 5.65. The number of benzene rings is 1. The lowest BCUT2D eigenvalue weighted by molar-refractivity contribution is -0.142. The molecule has 1 aromatic carbocycles. The van der Waals surface area contributed by atoms with Crippen LogP contribution in [0.15, 0.2) is 12.1 Å². The van der Waals surface area contributed by atoms with Crippen molar-refractivity contribution in [1.82, 2.24) is 0 Å². The van der Waals surface area contributed by atoms with Gasteiger partial charge in [0.15, 0.2) is 0 Å². The predicted octanol–water partition coefficient (Wildman–Crippen LogP) is 4.63. The van der Waals surface area contributed by atoms with E-state index >= 15 is 0 Å². The van der Waals surface area contributed by atoms with Crippen molar-refractivity contribution in [3.05, 3.63) is 28.8 Å². The van der Waals surface area contributed by atoms with Gasteiger partial charge in [0.1, 0.15) is 5.75 Å². The van der Waals surface area contributed by atoms with E-state index in [0.717, 1.165) is 7.11 Å². The van der Waals surface area contributed by atoms with Gasteiger partial charge < -0.3 is 4.74 Å². The summed E-state index contributed by atoms with van der Waals surface area (Å²) in [5, 5.41) is -0.394. The third kappa shape index (κ3) is 2.90. The van der Waals surface area contributed by atoms with Crippen LogP contribution in [-0.2, 0) is 17.7 Å². The third-order valence-corrected chi connectivity index (χ3v) is 2.77. The average molecular weight is 337 g/mol. The molecule has 1 nitrogen and oxygen atoms in total. The minimum absolute atomic E-state index is 0.369. The third-order valence-electron chi connectivity index (χ3n) is 2.21. The summed E-state index contributed by atoms with van der Waals surface area (Å²) in [6.45, 7) is 0. The van der Waals surface area contributed by atoms with E-state index in [2.05, 4.69) is 20.7 Å². The van der Waals surface area contributed by atoms with E-state index in [9.17, 15) is 26.3 Å². The fourth-order valence-corrected chi connectivity index (χ4v) is 2.04. The molecule has 0 bridgehead atoms. The van der Waals surface area contributed by atoms with Crippen molar-refractivity contribution in [2.45, 2.75) is 17.7 Å². The van der Waals surface area contributed by atoms with Crippen LogP contribution in [0, 0.1) is 0 Å². The van der Waals surface area contributed by atoms with E-state index < -0.39 is 40.1 Å². The van der Waals surface area contributed by atoms with Crippen molar-refractivity contribution in [3.8, 4) is 5.75 Å². The zero-order chi connectivity index (χ0) is 14.1. The Bertz CT molecular complexity index is 396. The molecule has 0 spiro atoms. The van der Waals surface area contributed by atoms with Crippen LogP contribution >= 0.6 is 15.9 Å². The summed E-state index contributed by atoms with van der Waals surface area (Å²) in [7, 11) is 0.900. The molecule has 0 aliphatic heterocycles. The molecular weight excluding hydrogens is 330 g/mol. The number of ether oxygens (including phenoxy) is 1. The minimum Gasteiger partial charge on any atom is -0.496 e. The van der Waals surface area contributed by atoms with Crippen LogP contribution in [0.4, 0.5) is 26.3 Å². The lowest BCUT2D eigenvalue weighted by Crippen LogP contribution is -2.14. The van der Waals surface area contributed by atoms with Gasteiger partial charge in [0.25, 0.3) is 0 Å². The van der Waals surface area contributed by atoms with E-state index in [1.54, 1.807) is 0 Å². The van der Waals surface area contributed by atoms with Gasteiger partial charge in [-0.25, -0.2) is 0 Å². The molecule has 0 aliphatic rings. The van der Waals surface area contributed by atoms with Gasteiger partial charge in [0.2, 0.25) is 0 Å². The van der Waals surface area contributed by atoms with Gasteiger partial charge in [-0.05, 0) is 12.1 Å². The van der Waals surface area contributed by atoms with Gasteiger partial charge in [-0.2, -0.15) is 26.3 Å². The largest absolute Gasteiger partial charge is 0.496 e. The quantitative estimate of drug-likeness (QED) is 0.565. The Morgan fingerprint density at radius 2 is 1.44 bits per heavy atom. The number of rotatable bonds is 2. The van der Waals surface area contributed by atoms with Crippen molar-refractivity contribution in [2.24, 2.45) is 0 Å². The summed E-state index contributed by atoms with van der Waals surface area (Å²) in [5.41, 5.74) is -2.95. The Morgan fingerprint density at radius 1 is 1.00 bits per heavy atom. The highest BCUT2D eigenvalue weighted by Gasteiger charge is 2.40. The number of halogens is 7. The van der Waals surface area contributed by atoms with Gasteiger partial charge in [-0.1, -0.05) is 15.9 Å². The zero-order valence-electron chi connectivity index (χ0n) is 8.92. The summed E-state index contributed by atoms with van der Waals surface area (Å²) >= 11 is 2.75. The summed E-state index contributed by atoms with van der Waals surface area (Å²) in [6, 6.07) is 0.774. The predicted molar refractivity (Wildman–Crippen MR) is 55.6 cm³/mol. The Kier molecular flexibility index (Phi) is 4.19. The standard InChI is InChI=1S/C10H7BrF6O/c1-18-8-5(4-11)6(9(12,13)14)2-3-7(8)10(15,16)17/h2-3H,4H2,1H3. The molecule has 0 heterocycles. The first-order chi connectivity index (χ1) is 8.12. The van der Waals surface area contributed by atoms with E-state index in [0.29, 0.717) is 12.1 Å². The molecule has 0 radical (unpaired) electrons. The molecule has 18 heavy (non-hydrogen) atoms. The lowest BCUT2D eigenvalue weighted by atomic mass is 10.0. The van der Waals surface area contributed by atoms with Gasteiger partial charge in [0, 0.05) is 10.9 Å². The Morgan fingerprint density at radius 3 is 1.78 bits per heavy atom. The van der Waals surface area contributed by atoms with E-state index in [-0.39, 0.29) is 0 Å². The molecule has 1 aromatic rings. The molecule has 0 atom stereocenters. The molecule has 0 saturated heterocycles. The van der Waals surface area contributed by atoms with Gasteiger partial charge >= 0.3 is 12.4 Å². The number of alkyl halides is 7. The van der Waals surface area contributed by atoms with Gasteiger partial charge in [-0.15, -0.1) is 0 Å². The maximum absolute atomic E-state index is 12.6. The molecule has 0 aromatic heterocycles. The fourth-order valence-electron chi connectivity index (χ4n) is 1.48. The molecule has 0 amide bonds. The second-order valence-corrected chi connectivity index (χ2v) is 3.86. The van der Waals surface area contributed by atoms with Crippen LogP contribution in [0.2, 0.25) is 0 Å². The van der Waals surface area contributed by atoms with Crippen LogP contribution < -0.4 is 4.74 Å². The lowest BCUT2D eigenvalue weighted by Gasteiger charge is -2.19. The zero-order valence-corrected chi connectivity index (χ0v) is 10.5. The highest BCUT2D eigenvalue weighted by atomic mass is 79.9.